The summed E-state index contributed by atoms with van der Waals surface area (Å²) in [6.07, 6.45) is 10.1. The fourth-order valence-electron chi connectivity index (χ4n) is 8.06. The first-order valence-electron chi connectivity index (χ1n) is 16.3. The number of carbonyl (C=O) groups is 1. The molecule has 2 aliphatic carbocycles. The fraction of sp³-hybridized carbons (Fsp3) is 0.429. The number of anilines is 1. The van der Waals surface area contributed by atoms with Gasteiger partial charge in [0.2, 0.25) is 0 Å². The first-order valence-corrected chi connectivity index (χ1v) is 16.3. The summed E-state index contributed by atoms with van der Waals surface area (Å²) in [6, 6.07) is 14.6. The lowest BCUT2D eigenvalue weighted by Gasteiger charge is -2.41. The predicted molar refractivity (Wildman–Crippen MR) is 173 cm³/mol. The van der Waals surface area contributed by atoms with Crippen molar-refractivity contribution < 1.29 is 9.53 Å². The molecule has 9 rings (SSSR count). The first-order chi connectivity index (χ1) is 22.1. The molecular formula is C35H38N8O2. The smallest absolute Gasteiger partial charge is 0.254 e. The lowest BCUT2D eigenvalue weighted by Crippen LogP contribution is -2.48. The zero-order valence-corrected chi connectivity index (χ0v) is 25.5. The average Bonchev–Trinajstić information content (AvgIpc) is 3.41. The van der Waals surface area contributed by atoms with Crippen LogP contribution in [0.4, 0.5) is 5.69 Å². The second-order valence-corrected chi connectivity index (χ2v) is 13.5. The van der Waals surface area contributed by atoms with Gasteiger partial charge in [0.15, 0.2) is 5.82 Å². The molecule has 10 nitrogen and oxygen atoms in total. The van der Waals surface area contributed by atoms with E-state index in [1.165, 1.54) is 18.5 Å². The van der Waals surface area contributed by atoms with Crippen LogP contribution in [0, 0.1) is 17.8 Å². The minimum atomic E-state index is 0.0213. The number of ether oxygens (including phenoxy) is 1. The number of rotatable bonds is 8. The number of piperidine rings is 1. The maximum atomic E-state index is 13.9. The van der Waals surface area contributed by atoms with E-state index < -0.39 is 0 Å². The highest BCUT2D eigenvalue weighted by Gasteiger charge is 2.47. The van der Waals surface area contributed by atoms with Crippen molar-refractivity contribution in [1.29, 1.82) is 0 Å². The summed E-state index contributed by atoms with van der Waals surface area (Å²) in [5.41, 5.74) is 12.1. The van der Waals surface area contributed by atoms with E-state index in [1.807, 2.05) is 41.7 Å². The largest absolute Gasteiger partial charge is 0.494 e. The van der Waals surface area contributed by atoms with Crippen LogP contribution in [0.1, 0.15) is 36.0 Å². The van der Waals surface area contributed by atoms with Gasteiger partial charge in [-0.25, -0.2) is 9.97 Å². The third kappa shape index (κ3) is 4.40. The van der Waals surface area contributed by atoms with Gasteiger partial charge in [0, 0.05) is 86.0 Å². The number of imidazole rings is 1. The van der Waals surface area contributed by atoms with Crippen molar-refractivity contribution in [3.63, 3.8) is 0 Å². The lowest BCUT2D eigenvalue weighted by atomic mass is 9.99. The Labute approximate surface area is 261 Å². The van der Waals surface area contributed by atoms with Crippen molar-refractivity contribution in [3.8, 4) is 17.3 Å². The molecule has 4 aromatic heterocycles. The number of carbonyl (C=O) groups excluding carboxylic acids is 1. The van der Waals surface area contributed by atoms with Crippen LogP contribution in [0.3, 0.4) is 0 Å². The topological polar surface area (TPSA) is 107 Å². The number of amides is 1. The number of nitrogens with zero attached hydrogens (tertiary/aromatic N) is 7. The average molecular weight is 603 g/mol. The minimum Gasteiger partial charge on any atom is -0.494 e. The van der Waals surface area contributed by atoms with E-state index in [0.717, 1.165) is 79.2 Å². The van der Waals surface area contributed by atoms with E-state index in [1.54, 1.807) is 7.11 Å². The summed E-state index contributed by atoms with van der Waals surface area (Å²) in [6.45, 7) is 4.35. The summed E-state index contributed by atoms with van der Waals surface area (Å²) in [5, 5.41) is 1.11. The Kier molecular flexibility index (Phi) is 6.16. The van der Waals surface area contributed by atoms with Crippen LogP contribution in [-0.2, 0) is 13.1 Å². The fourth-order valence-corrected chi connectivity index (χ4v) is 8.06. The van der Waals surface area contributed by atoms with Gasteiger partial charge in [-0.3, -0.25) is 9.78 Å². The van der Waals surface area contributed by atoms with Gasteiger partial charge >= 0.3 is 0 Å². The van der Waals surface area contributed by atoms with Crippen LogP contribution in [0.2, 0.25) is 0 Å². The van der Waals surface area contributed by atoms with Crippen LogP contribution >= 0.6 is 0 Å². The Bertz CT molecular complexity index is 1920. The highest BCUT2D eigenvalue weighted by molar-refractivity contribution is 6.00. The molecule has 0 radical (unpaired) electrons. The van der Waals surface area contributed by atoms with Crippen LogP contribution < -0.4 is 15.4 Å². The number of benzene rings is 1. The van der Waals surface area contributed by atoms with Crippen LogP contribution in [0.5, 0.6) is 5.75 Å². The van der Waals surface area contributed by atoms with E-state index in [4.69, 9.17) is 20.4 Å². The van der Waals surface area contributed by atoms with Crippen molar-refractivity contribution in [2.24, 2.45) is 23.5 Å². The summed E-state index contributed by atoms with van der Waals surface area (Å²) in [5.74, 6) is 3.09. The third-order valence-electron chi connectivity index (χ3n) is 10.6. The molecule has 2 bridgehead atoms. The molecule has 10 heteroatoms. The monoisotopic (exact) mass is 602 g/mol. The van der Waals surface area contributed by atoms with Crippen molar-refractivity contribution in [2.75, 3.05) is 31.6 Å². The highest BCUT2D eigenvalue weighted by Crippen LogP contribution is 2.41. The van der Waals surface area contributed by atoms with Gasteiger partial charge < -0.3 is 29.4 Å². The first kappa shape index (κ1) is 26.9. The molecule has 1 amide bonds. The predicted octanol–water partition coefficient (Wildman–Crippen LogP) is 4.56. The summed E-state index contributed by atoms with van der Waals surface area (Å²) < 4.78 is 10.7. The van der Waals surface area contributed by atoms with Gasteiger partial charge in [0.25, 0.3) is 5.91 Å². The number of fused-ring (bicyclic) bond motifs is 4. The molecule has 5 aromatic rings. The molecule has 2 N–H and O–H groups in total. The van der Waals surface area contributed by atoms with E-state index in [2.05, 4.69) is 43.3 Å². The maximum Gasteiger partial charge on any atom is 0.254 e. The van der Waals surface area contributed by atoms with E-state index in [-0.39, 0.29) is 18.0 Å². The number of pyridine rings is 2. The molecule has 4 aliphatic rings. The van der Waals surface area contributed by atoms with Crippen molar-refractivity contribution in [3.05, 3.63) is 66.6 Å². The number of hydrogen-bond acceptors (Lipinski definition) is 7. The number of methoxy groups -OCH3 is 1. The lowest BCUT2D eigenvalue weighted by molar-refractivity contribution is 0.0700. The van der Waals surface area contributed by atoms with Crippen molar-refractivity contribution >= 4 is 33.7 Å². The molecule has 0 unspecified atom stereocenters. The Balaban J connectivity index is 1.15. The second-order valence-electron chi connectivity index (χ2n) is 13.5. The molecule has 6 heterocycles. The molecule has 4 fully saturated rings. The normalized spacial score (nSPS) is 22.9. The molecule has 2 saturated carbocycles. The molecule has 2 aliphatic heterocycles. The van der Waals surface area contributed by atoms with Gasteiger partial charge in [0.1, 0.15) is 16.9 Å². The zero-order chi connectivity index (χ0) is 30.2. The van der Waals surface area contributed by atoms with E-state index >= 15 is 0 Å². The Morgan fingerprint density at radius 3 is 2.51 bits per heavy atom. The zero-order valence-electron chi connectivity index (χ0n) is 25.5. The van der Waals surface area contributed by atoms with Gasteiger partial charge in [-0.15, -0.1) is 0 Å². The van der Waals surface area contributed by atoms with Crippen LogP contribution in [0.25, 0.3) is 33.6 Å². The maximum absolute atomic E-state index is 13.9. The second kappa shape index (κ2) is 10.3. The number of hydrogen-bond donors (Lipinski definition) is 1. The summed E-state index contributed by atoms with van der Waals surface area (Å²) >= 11 is 0. The van der Waals surface area contributed by atoms with E-state index in [9.17, 15) is 4.79 Å². The Morgan fingerprint density at radius 2 is 1.78 bits per heavy atom. The molecule has 45 heavy (non-hydrogen) atoms. The Morgan fingerprint density at radius 1 is 0.956 bits per heavy atom. The third-order valence-corrected chi connectivity index (χ3v) is 10.6. The van der Waals surface area contributed by atoms with Crippen LogP contribution in [-0.4, -0.2) is 73.7 Å². The van der Waals surface area contributed by atoms with Crippen molar-refractivity contribution in [1.82, 2.24) is 29.0 Å². The molecule has 3 atom stereocenters. The standard InChI is InChI=1S/C35H38N8O2/c1-45-30-15-25(35(44)42-20-24-6-7-28(42)31(24)36)13-27-32(30)43(19-22-16-40(17-22)26-8-11-37-12-9-26)34(39-27)29-14-23-3-2-10-38-33(23)41(29)18-21-4-5-21/h2-3,8-15,21-22,24,28,31H,4-7,16-20,36H2,1H3/t24-,28-,31-/m1/s1. The number of nitrogens with two attached hydrogens (primary N) is 1. The van der Waals surface area contributed by atoms with Gasteiger partial charge in [-0.2, -0.15) is 0 Å². The van der Waals surface area contributed by atoms with Crippen LogP contribution in [0.15, 0.2) is 61.1 Å². The molecule has 230 valence electrons. The van der Waals surface area contributed by atoms with E-state index in [0.29, 0.717) is 29.1 Å². The molecular weight excluding hydrogens is 564 g/mol. The minimum absolute atomic E-state index is 0.0213. The van der Waals surface area contributed by atoms with Gasteiger partial charge in [-0.05, 0) is 80.0 Å². The van der Waals surface area contributed by atoms with Crippen molar-refractivity contribution in [2.45, 2.75) is 50.9 Å². The number of aromatic nitrogens is 5. The summed E-state index contributed by atoms with van der Waals surface area (Å²) in [4.78, 5) is 32.6. The SMILES string of the molecule is COc1cc(C(=O)N2C[C@H]3CC[C@@H]2[C@@H]3N)cc2nc(-c3cc4cccnc4n3CC3CC3)n(CC3CN(c4ccncc4)C3)c12. The highest BCUT2D eigenvalue weighted by atomic mass is 16.5. The van der Waals surface area contributed by atoms with Gasteiger partial charge in [0.05, 0.1) is 18.3 Å². The Hall–Kier alpha value is -4.44. The summed E-state index contributed by atoms with van der Waals surface area (Å²) in [7, 11) is 1.69. The quantitative estimate of drug-likeness (QED) is 0.277. The molecule has 0 spiro atoms. The molecule has 1 aromatic carbocycles. The van der Waals surface area contributed by atoms with Gasteiger partial charge in [-0.1, -0.05) is 0 Å². The molecule has 2 saturated heterocycles. The number of likely N-dealkylation sites (tertiary alicyclic amines) is 1.